The van der Waals surface area contributed by atoms with E-state index in [-0.39, 0.29) is 37.1 Å². The van der Waals surface area contributed by atoms with E-state index in [1.807, 2.05) is 18.2 Å². The minimum atomic E-state index is -0.539. The lowest BCUT2D eigenvalue weighted by Crippen LogP contribution is -2.49. The highest BCUT2D eigenvalue weighted by Gasteiger charge is 2.37. The fourth-order valence-electron chi connectivity index (χ4n) is 3.63. The lowest BCUT2D eigenvalue weighted by atomic mass is 10.1. The molecule has 8 heteroatoms. The summed E-state index contributed by atoms with van der Waals surface area (Å²) in [5, 5.41) is 8.42. The first-order valence-electron chi connectivity index (χ1n) is 9.70. The fraction of sp³-hybridized carbons (Fsp3) is 0.333. The van der Waals surface area contributed by atoms with E-state index < -0.39 is 6.04 Å². The number of benzene rings is 1. The van der Waals surface area contributed by atoms with E-state index in [4.69, 9.17) is 4.42 Å². The predicted octanol–water partition coefficient (Wildman–Crippen LogP) is 2.07. The topological polar surface area (TPSA) is 95.2 Å². The van der Waals surface area contributed by atoms with Crippen LogP contribution in [0.15, 0.2) is 58.2 Å². The Labute approximate surface area is 168 Å². The third kappa shape index (κ3) is 4.06. The zero-order chi connectivity index (χ0) is 20.2. The Kier molecular flexibility index (Phi) is 5.41. The monoisotopic (exact) mass is 394 g/mol. The first kappa shape index (κ1) is 18.9. The lowest BCUT2D eigenvalue weighted by Gasteiger charge is -2.28. The van der Waals surface area contributed by atoms with E-state index in [1.165, 1.54) is 5.01 Å². The standard InChI is InChI=1S/C21H22N4O4/c26-19-11-10-17(23-25(19)15-6-2-1-3-7-15)21(28)24-12-4-9-18(24)20(27)22-14-16-8-5-13-29-16/h1-3,5-8,13,18H,4,9-12,14H2,(H,22,27). The van der Waals surface area contributed by atoms with Gasteiger partial charge in [0.2, 0.25) is 11.8 Å². The number of furan rings is 1. The smallest absolute Gasteiger partial charge is 0.270 e. The van der Waals surface area contributed by atoms with Crippen molar-refractivity contribution in [2.75, 3.05) is 11.6 Å². The molecule has 8 nitrogen and oxygen atoms in total. The Morgan fingerprint density at radius 1 is 1.14 bits per heavy atom. The van der Waals surface area contributed by atoms with Crippen LogP contribution in [0.5, 0.6) is 0 Å². The van der Waals surface area contributed by atoms with Gasteiger partial charge >= 0.3 is 0 Å². The van der Waals surface area contributed by atoms with Gasteiger partial charge in [-0.05, 0) is 37.1 Å². The summed E-state index contributed by atoms with van der Waals surface area (Å²) in [5.41, 5.74) is 0.927. The fourth-order valence-corrected chi connectivity index (χ4v) is 3.63. The maximum atomic E-state index is 13.1. The summed E-state index contributed by atoms with van der Waals surface area (Å²) >= 11 is 0. The summed E-state index contributed by atoms with van der Waals surface area (Å²) in [6, 6.07) is 12.0. The van der Waals surface area contributed by atoms with Crippen LogP contribution < -0.4 is 10.3 Å². The number of hydrazone groups is 1. The molecule has 1 aromatic heterocycles. The van der Waals surface area contributed by atoms with Gasteiger partial charge in [-0.2, -0.15) is 5.10 Å². The molecule has 29 heavy (non-hydrogen) atoms. The molecule has 1 saturated heterocycles. The molecule has 3 heterocycles. The first-order chi connectivity index (χ1) is 14.1. The molecule has 4 rings (SSSR count). The number of rotatable bonds is 5. The second-order valence-corrected chi connectivity index (χ2v) is 7.04. The Morgan fingerprint density at radius 3 is 2.72 bits per heavy atom. The Morgan fingerprint density at radius 2 is 1.97 bits per heavy atom. The second kappa shape index (κ2) is 8.30. The number of nitrogens with one attached hydrogen (secondary N) is 1. The molecular weight excluding hydrogens is 372 g/mol. The highest BCUT2D eigenvalue weighted by Crippen LogP contribution is 2.23. The maximum absolute atomic E-state index is 13.1. The molecule has 150 valence electrons. The number of hydrogen-bond donors (Lipinski definition) is 1. The first-order valence-corrected chi connectivity index (χ1v) is 9.70. The quantitative estimate of drug-likeness (QED) is 0.840. The average molecular weight is 394 g/mol. The van der Waals surface area contributed by atoms with Crippen LogP contribution in [-0.2, 0) is 20.9 Å². The maximum Gasteiger partial charge on any atom is 0.270 e. The van der Waals surface area contributed by atoms with Crippen LogP contribution in [0.2, 0.25) is 0 Å². The second-order valence-electron chi connectivity index (χ2n) is 7.04. The normalized spacial score (nSPS) is 19.2. The zero-order valence-corrected chi connectivity index (χ0v) is 15.9. The third-order valence-electron chi connectivity index (χ3n) is 5.11. The number of likely N-dealkylation sites (tertiary alicyclic amines) is 1. The highest BCUT2D eigenvalue weighted by molar-refractivity contribution is 6.40. The third-order valence-corrected chi connectivity index (χ3v) is 5.11. The number of amides is 3. The van der Waals surface area contributed by atoms with E-state index in [9.17, 15) is 14.4 Å². The average Bonchev–Trinajstić information content (AvgIpc) is 3.44. The minimum absolute atomic E-state index is 0.151. The minimum Gasteiger partial charge on any atom is -0.467 e. The molecule has 0 spiro atoms. The number of carbonyl (C=O) groups excluding carboxylic acids is 3. The molecule has 3 amide bonds. The van der Waals surface area contributed by atoms with Crippen LogP contribution >= 0.6 is 0 Å². The van der Waals surface area contributed by atoms with Crippen molar-refractivity contribution in [2.45, 2.75) is 38.3 Å². The summed E-state index contributed by atoms with van der Waals surface area (Å²) in [4.78, 5) is 39.6. The largest absolute Gasteiger partial charge is 0.467 e. The van der Waals surface area contributed by atoms with Gasteiger partial charge in [-0.3, -0.25) is 14.4 Å². The van der Waals surface area contributed by atoms with Gasteiger partial charge in [0.05, 0.1) is 18.5 Å². The Hall–Kier alpha value is -3.42. The van der Waals surface area contributed by atoms with Gasteiger partial charge in [-0.1, -0.05) is 18.2 Å². The van der Waals surface area contributed by atoms with Crippen molar-refractivity contribution in [3.63, 3.8) is 0 Å². The molecule has 2 aliphatic heterocycles. The van der Waals surface area contributed by atoms with Crippen LogP contribution in [-0.4, -0.2) is 40.9 Å². The van der Waals surface area contributed by atoms with Crippen LogP contribution in [0.4, 0.5) is 5.69 Å². The van der Waals surface area contributed by atoms with Gasteiger partial charge < -0.3 is 14.6 Å². The number of para-hydroxylation sites is 1. The molecule has 1 aromatic carbocycles. The van der Waals surface area contributed by atoms with Crippen molar-refractivity contribution in [1.29, 1.82) is 0 Å². The van der Waals surface area contributed by atoms with Gasteiger partial charge in [0, 0.05) is 19.4 Å². The van der Waals surface area contributed by atoms with Crippen molar-refractivity contribution >= 4 is 29.1 Å². The summed E-state index contributed by atoms with van der Waals surface area (Å²) in [5.74, 6) is 0.0125. The van der Waals surface area contributed by atoms with Gasteiger partial charge in [-0.15, -0.1) is 0 Å². The molecule has 0 aliphatic carbocycles. The molecule has 1 atom stereocenters. The molecular formula is C21H22N4O4. The molecule has 2 aromatic rings. The van der Waals surface area contributed by atoms with Crippen LogP contribution in [0.1, 0.15) is 31.4 Å². The number of carbonyl (C=O) groups is 3. The van der Waals surface area contributed by atoms with E-state index >= 15 is 0 Å². The number of nitrogens with zero attached hydrogens (tertiary/aromatic N) is 3. The molecule has 2 aliphatic rings. The molecule has 0 bridgehead atoms. The predicted molar refractivity (Wildman–Crippen MR) is 106 cm³/mol. The van der Waals surface area contributed by atoms with E-state index in [2.05, 4.69) is 10.4 Å². The summed E-state index contributed by atoms with van der Waals surface area (Å²) in [6.45, 7) is 0.775. The SMILES string of the molecule is O=C(NCc1ccco1)C1CCCN1C(=O)C1=NN(c2ccccc2)C(=O)CC1. The molecule has 1 fully saturated rings. The van der Waals surface area contributed by atoms with Gasteiger partial charge in [0.1, 0.15) is 17.5 Å². The molecule has 0 saturated carbocycles. The summed E-state index contributed by atoms with van der Waals surface area (Å²) in [6.07, 6.45) is 3.39. The highest BCUT2D eigenvalue weighted by atomic mass is 16.3. The number of anilines is 1. The van der Waals surface area contributed by atoms with E-state index in [1.54, 1.807) is 35.4 Å². The lowest BCUT2D eigenvalue weighted by molar-refractivity contribution is -0.134. The van der Waals surface area contributed by atoms with Gasteiger partial charge in [-0.25, -0.2) is 5.01 Å². The van der Waals surface area contributed by atoms with Crippen molar-refractivity contribution in [1.82, 2.24) is 10.2 Å². The van der Waals surface area contributed by atoms with E-state index in [0.29, 0.717) is 30.1 Å². The Balaban J connectivity index is 1.47. The number of hydrogen-bond acceptors (Lipinski definition) is 5. The van der Waals surface area contributed by atoms with Crippen LogP contribution in [0.25, 0.3) is 0 Å². The van der Waals surface area contributed by atoms with Crippen molar-refractivity contribution in [3.05, 3.63) is 54.5 Å². The van der Waals surface area contributed by atoms with Crippen LogP contribution in [0.3, 0.4) is 0 Å². The van der Waals surface area contributed by atoms with Gasteiger partial charge in [0.15, 0.2) is 0 Å². The molecule has 0 radical (unpaired) electrons. The molecule has 1 N–H and O–H groups in total. The zero-order valence-electron chi connectivity index (χ0n) is 15.9. The van der Waals surface area contributed by atoms with Crippen molar-refractivity contribution < 1.29 is 18.8 Å². The van der Waals surface area contributed by atoms with E-state index in [0.717, 1.165) is 6.42 Å². The van der Waals surface area contributed by atoms with Crippen LogP contribution in [0, 0.1) is 0 Å². The summed E-state index contributed by atoms with van der Waals surface area (Å²) < 4.78 is 5.23. The Bertz CT molecular complexity index is 923. The molecule has 1 unspecified atom stereocenters. The van der Waals surface area contributed by atoms with Crippen molar-refractivity contribution in [2.24, 2.45) is 5.10 Å². The van der Waals surface area contributed by atoms with Crippen molar-refractivity contribution in [3.8, 4) is 0 Å². The van der Waals surface area contributed by atoms with Gasteiger partial charge in [0.25, 0.3) is 5.91 Å². The summed E-state index contributed by atoms with van der Waals surface area (Å²) in [7, 11) is 0.